The Hall–Kier alpha value is -0.130. The van der Waals surface area contributed by atoms with Crippen LogP contribution in [0.4, 0.5) is 0 Å². The first-order valence-electron chi connectivity index (χ1n) is 5.92. The fraction of sp³-hybridized carbons (Fsp3) is 1.00. The Morgan fingerprint density at radius 3 is 2.25 bits per heavy atom. The van der Waals surface area contributed by atoms with E-state index in [1.54, 1.807) is 6.92 Å². The third kappa shape index (κ3) is 7.19. The van der Waals surface area contributed by atoms with Crippen LogP contribution in [0.2, 0.25) is 0 Å². The van der Waals surface area contributed by atoms with Crippen molar-refractivity contribution >= 4 is 9.84 Å². The standard InChI is InChI=1S/C11H26N2O2S/c1-6-16(14,15)9-11(4)12-7-8-13(5)10(2)3/h10-12H,6-9H2,1-5H3. The van der Waals surface area contributed by atoms with Crippen LogP contribution in [0, 0.1) is 0 Å². The summed E-state index contributed by atoms with van der Waals surface area (Å²) in [4.78, 5) is 2.23. The molecule has 0 aliphatic rings. The van der Waals surface area contributed by atoms with Crippen molar-refractivity contribution in [1.82, 2.24) is 10.2 Å². The van der Waals surface area contributed by atoms with Crippen molar-refractivity contribution in [2.45, 2.75) is 39.8 Å². The third-order valence-electron chi connectivity index (χ3n) is 2.78. The van der Waals surface area contributed by atoms with E-state index in [9.17, 15) is 8.42 Å². The number of nitrogens with one attached hydrogen (secondary N) is 1. The Bertz CT molecular complexity index is 276. The number of hydrogen-bond acceptors (Lipinski definition) is 4. The van der Waals surface area contributed by atoms with Crippen LogP contribution in [0.1, 0.15) is 27.7 Å². The van der Waals surface area contributed by atoms with Gasteiger partial charge in [-0.3, -0.25) is 0 Å². The minimum Gasteiger partial charge on any atom is -0.312 e. The molecular formula is C11H26N2O2S. The van der Waals surface area contributed by atoms with Gasteiger partial charge in [-0.2, -0.15) is 0 Å². The molecule has 0 bridgehead atoms. The Labute approximate surface area is 100 Å². The maximum absolute atomic E-state index is 11.4. The average Bonchev–Trinajstić information content (AvgIpc) is 2.16. The van der Waals surface area contributed by atoms with Crippen LogP contribution >= 0.6 is 0 Å². The van der Waals surface area contributed by atoms with Crippen LogP contribution in [-0.4, -0.2) is 57.0 Å². The van der Waals surface area contributed by atoms with E-state index in [0.29, 0.717) is 6.04 Å². The summed E-state index contributed by atoms with van der Waals surface area (Å²) in [5.74, 6) is 0.458. The van der Waals surface area contributed by atoms with E-state index in [0.717, 1.165) is 13.1 Å². The lowest BCUT2D eigenvalue weighted by Crippen LogP contribution is -2.39. The largest absolute Gasteiger partial charge is 0.312 e. The monoisotopic (exact) mass is 250 g/mol. The summed E-state index contributed by atoms with van der Waals surface area (Å²) in [5, 5.41) is 3.24. The van der Waals surface area contributed by atoms with Crippen molar-refractivity contribution in [2.24, 2.45) is 0 Å². The van der Waals surface area contributed by atoms with Crippen molar-refractivity contribution in [1.29, 1.82) is 0 Å². The topological polar surface area (TPSA) is 49.4 Å². The van der Waals surface area contributed by atoms with Gasteiger partial charge in [-0.25, -0.2) is 8.42 Å². The van der Waals surface area contributed by atoms with Crippen molar-refractivity contribution in [2.75, 3.05) is 31.6 Å². The molecule has 5 heteroatoms. The number of rotatable bonds is 8. The van der Waals surface area contributed by atoms with Gasteiger partial charge in [0.25, 0.3) is 0 Å². The van der Waals surface area contributed by atoms with Crippen molar-refractivity contribution in [3.63, 3.8) is 0 Å². The van der Waals surface area contributed by atoms with E-state index in [2.05, 4.69) is 31.1 Å². The van der Waals surface area contributed by atoms with Gasteiger partial charge < -0.3 is 10.2 Å². The molecule has 16 heavy (non-hydrogen) atoms. The zero-order valence-corrected chi connectivity index (χ0v) is 12.0. The summed E-state index contributed by atoms with van der Waals surface area (Å²) in [7, 11) is -0.793. The average molecular weight is 250 g/mol. The summed E-state index contributed by atoms with van der Waals surface area (Å²) in [6, 6.07) is 0.557. The molecule has 98 valence electrons. The molecule has 1 atom stereocenters. The predicted octanol–water partition coefficient (Wildman–Crippen LogP) is 0.739. The summed E-state index contributed by atoms with van der Waals surface area (Å²) in [6.07, 6.45) is 0. The van der Waals surface area contributed by atoms with Gasteiger partial charge in [-0.05, 0) is 27.8 Å². The molecule has 0 fully saturated rings. The highest BCUT2D eigenvalue weighted by Crippen LogP contribution is 1.95. The molecule has 0 saturated carbocycles. The SMILES string of the molecule is CCS(=O)(=O)CC(C)NCCN(C)C(C)C. The fourth-order valence-electron chi connectivity index (χ4n) is 1.30. The Kier molecular flexibility index (Phi) is 7.19. The van der Waals surface area contributed by atoms with Crippen LogP contribution in [0.3, 0.4) is 0 Å². The lowest BCUT2D eigenvalue weighted by molar-refractivity contribution is 0.271. The summed E-state index contributed by atoms with van der Waals surface area (Å²) in [6.45, 7) is 9.66. The van der Waals surface area contributed by atoms with Gasteiger partial charge in [0, 0.05) is 30.9 Å². The molecule has 0 aliphatic carbocycles. The van der Waals surface area contributed by atoms with Gasteiger partial charge in [0.1, 0.15) is 0 Å². The molecular weight excluding hydrogens is 224 g/mol. The minimum atomic E-state index is -2.86. The van der Waals surface area contributed by atoms with Gasteiger partial charge >= 0.3 is 0 Å². The lowest BCUT2D eigenvalue weighted by atomic mass is 10.3. The first kappa shape index (κ1) is 15.9. The molecule has 0 spiro atoms. The van der Waals surface area contributed by atoms with Crippen molar-refractivity contribution in [3.8, 4) is 0 Å². The molecule has 0 heterocycles. The summed E-state index contributed by atoms with van der Waals surface area (Å²) in [5.41, 5.74) is 0. The first-order valence-corrected chi connectivity index (χ1v) is 7.74. The zero-order valence-electron chi connectivity index (χ0n) is 11.2. The minimum absolute atomic E-state index is 0.0329. The first-order chi connectivity index (χ1) is 7.28. The van der Waals surface area contributed by atoms with Gasteiger partial charge in [-0.15, -0.1) is 0 Å². The summed E-state index contributed by atoms with van der Waals surface area (Å²) >= 11 is 0. The zero-order chi connectivity index (χ0) is 12.8. The molecule has 0 rings (SSSR count). The number of sulfone groups is 1. The van der Waals surface area contributed by atoms with E-state index in [4.69, 9.17) is 0 Å². The number of hydrogen-bond donors (Lipinski definition) is 1. The third-order valence-corrected chi connectivity index (χ3v) is 4.67. The fourth-order valence-corrected chi connectivity index (χ4v) is 2.42. The number of likely N-dealkylation sites (N-methyl/N-ethyl adjacent to an activating group) is 1. The van der Waals surface area contributed by atoms with Gasteiger partial charge in [0.05, 0.1) is 5.75 Å². The van der Waals surface area contributed by atoms with Crippen LogP contribution in [0.25, 0.3) is 0 Å². The van der Waals surface area contributed by atoms with Crippen LogP contribution in [-0.2, 0) is 9.84 Å². The van der Waals surface area contributed by atoms with Gasteiger partial charge in [0.15, 0.2) is 9.84 Å². The van der Waals surface area contributed by atoms with Crippen LogP contribution < -0.4 is 5.32 Å². The molecule has 1 unspecified atom stereocenters. The quantitative estimate of drug-likeness (QED) is 0.690. The Morgan fingerprint density at radius 2 is 1.81 bits per heavy atom. The number of nitrogens with zero attached hydrogens (tertiary/aromatic N) is 1. The second-order valence-electron chi connectivity index (χ2n) is 4.63. The Morgan fingerprint density at radius 1 is 1.25 bits per heavy atom. The van der Waals surface area contributed by atoms with Crippen LogP contribution in [0.5, 0.6) is 0 Å². The van der Waals surface area contributed by atoms with Crippen molar-refractivity contribution < 1.29 is 8.42 Å². The van der Waals surface area contributed by atoms with Crippen LogP contribution in [0.15, 0.2) is 0 Å². The molecule has 0 saturated heterocycles. The molecule has 0 aliphatic heterocycles. The van der Waals surface area contributed by atoms with E-state index in [1.165, 1.54) is 0 Å². The molecule has 0 aromatic heterocycles. The molecule has 0 aromatic carbocycles. The summed E-state index contributed by atoms with van der Waals surface area (Å²) < 4.78 is 22.7. The van der Waals surface area contributed by atoms with E-state index < -0.39 is 9.84 Å². The highest BCUT2D eigenvalue weighted by molar-refractivity contribution is 7.91. The molecule has 0 radical (unpaired) electrons. The molecule has 1 N–H and O–H groups in total. The van der Waals surface area contributed by atoms with Crippen molar-refractivity contribution in [3.05, 3.63) is 0 Å². The van der Waals surface area contributed by atoms with Gasteiger partial charge in [0.2, 0.25) is 0 Å². The van der Waals surface area contributed by atoms with E-state index in [-0.39, 0.29) is 17.5 Å². The highest BCUT2D eigenvalue weighted by Gasteiger charge is 2.13. The molecule has 0 amide bonds. The van der Waals surface area contributed by atoms with E-state index >= 15 is 0 Å². The smallest absolute Gasteiger partial charge is 0.151 e. The van der Waals surface area contributed by atoms with E-state index in [1.807, 2.05) is 6.92 Å². The molecule has 0 aromatic rings. The van der Waals surface area contributed by atoms with Gasteiger partial charge in [-0.1, -0.05) is 6.92 Å². The maximum Gasteiger partial charge on any atom is 0.151 e. The normalized spacial score (nSPS) is 14.7. The second kappa shape index (κ2) is 7.25. The molecule has 4 nitrogen and oxygen atoms in total. The Balaban J connectivity index is 3.79. The maximum atomic E-state index is 11.4. The highest BCUT2D eigenvalue weighted by atomic mass is 32.2. The lowest BCUT2D eigenvalue weighted by Gasteiger charge is -2.22. The predicted molar refractivity (Wildman–Crippen MR) is 69.6 cm³/mol. The second-order valence-corrected chi connectivity index (χ2v) is 7.03.